The van der Waals surface area contributed by atoms with E-state index in [4.69, 9.17) is 9.72 Å². The Morgan fingerprint density at radius 2 is 1.91 bits per heavy atom. The number of benzene rings is 2. The Morgan fingerprint density at radius 1 is 1.00 bits per heavy atom. The van der Waals surface area contributed by atoms with E-state index in [1.165, 1.54) is 16.5 Å². The lowest BCUT2D eigenvalue weighted by atomic mass is 10.1. The number of aliphatic hydroxyl groups is 1. The molecule has 0 aliphatic rings. The average Bonchev–Trinajstić information content (AvgIpc) is 3.43. The standard InChI is InChI=1S/C27H28N4O2/c1-2-33-23-7-9-26-24(15-23)19(16-29-26)4-3-5-27-28-11-10-21(31-27)13-18-6-8-25-20(12-18)14-22(17-32)30-25/h6-12,14-16,29-30,32H,2-5,13,17H2,1H3. The molecule has 0 aliphatic heterocycles. The maximum atomic E-state index is 9.34. The minimum absolute atomic E-state index is 0.0194. The Labute approximate surface area is 192 Å². The minimum Gasteiger partial charge on any atom is -0.494 e. The van der Waals surface area contributed by atoms with Crippen LogP contribution in [0.2, 0.25) is 0 Å². The van der Waals surface area contributed by atoms with Gasteiger partial charge in [-0.1, -0.05) is 6.07 Å². The summed E-state index contributed by atoms with van der Waals surface area (Å²) in [5, 5.41) is 11.7. The van der Waals surface area contributed by atoms with Gasteiger partial charge in [-0.2, -0.15) is 0 Å². The third-order valence-corrected chi connectivity index (χ3v) is 5.96. The highest BCUT2D eigenvalue weighted by molar-refractivity contribution is 5.84. The van der Waals surface area contributed by atoms with Crippen LogP contribution < -0.4 is 4.74 Å². The van der Waals surface area contributed by atoms with Gasteiger partial charge in [0.15, 0.2) is 0 Å². The van der Waals surface area contributed by atoms with Gasteiger partial charge in [0.1, 0.15) is 11.6 Å². The summed E-state index contributed by atoms with van der Waals surface area (Å²) in [7, 11) is 0. The zero-order valence-corrected chi connectivity index (χ0v) is 18.8. The second-order valence-electron chi connectivity index (χ2n) is 8.32. The van der Waals surface area contributed by atoms with Crippen LogP contribution >= 0.6 is 0 Å². The number of nitrogens with one attached hydrogen (secondary N) is 2. The van der Waals surface area contributed by atoms with E-state index in [-0.39, 0.29) is 6.61 Å². The van der Waals surface area contributed by atoms with E-state index >= 15 is 0 Å². The van der Waals surface area contributed by atoms with Crippen molar-refractivity contribution in [3.63, 3.8) is 0 Å². The Hall–Kier alpha value is -3.64. The van der Waals surface area contributed by atoms with Crippen molar-refractivity contribution in [1.82, 2.24) is 19.9 Å². The summed E-state index contributed by atoms with van der Waals surface area (Å²) in [6.45, 7) is 2.69. The maximum absolute atomic E-state index is 9.34. The van der Waals surface area contributed by atoms with E-state index in [1.54, 1.807) is 0 Å². The van der Waals surface area contributed by atoms with Crippen LogP contribution in [0, 0.1) is 0 Å². The molecular weight excluding hydrogens is 412 g/mol. The molecule has 0 atom stereocenters. The molecule has 0 fully saturated rings. The zero-order valence-electron chi connectivity index (χ0n) is 18.8. The van der Waals surface area contributed by atoms with E-state index in [0.29, 0.717) is 6.61 Å². The molecule has 0 saturated heterocycles. The van der Waals surface area contributed by atoms with Crippen LogP contribution in [0.15, 0.2) is 60.9 Å². The smallest absolute Gasteiger partial charge is 0.128 e. The number of fused-ring (bicyclic) bond motifs is 2. The topological polar surface area (TPSA) is 86.8 Å². The fraction of sp³-hybridized carbons (Fsp3) is 0.259. The lowest BCUT2D eigenvalue weighted by Crippen LogP contribution is -2.01. The third kappa shape index (κ3) is 4.76. The molecule has 5 aromatic rings. The number of hydrogen-bond donors (Lipinski definition) is 3. The van der Waals surface area contributed by atoms with E-state index in [2.05, 4.69) is 51.5 Å². The highest BCUT2D eigenvalue weighted by atomic mass is 16.5. The van der Waals surface area contributed by atoms with Gasteiger partial charge in [-0.3, -0.25) is 0 Å². The van der Waals surface area contributed by atoms with Gasteiger partial charge in [-0.05, 0) is 73.4 Å². The molecule has 0 aliphatic carbocycles. The molecule has 33 heavy (non-hydrogen) atoms. The number of ether oxygens (including phenoxy) is 1. The normalized spacial score (nSPS) is 11.5. The van der Waals surface area contributed by atoms with Crippen LogP contribution in [0.4, 0.5) is 0 Å². The van der Waals surface area contributed by atoms with Gasteiger partial charge in [0, 0.05) is 58.4 Å². The highest BCUT2D eigenvalue weighted by Gasteiger charge is 2.08. The molecule has 0 bridgehead atoms. The molecule has 0 amide bonds. The van der Waals surface area contributed by atoms with Gasteiger partial charge in [-0.25, -0.2) is 9.97 Å². The highest BCUT2D eigenvalue weighted by Crippen LogP contribution is 2.25. The fourth-order valence-electron chi connectivity index (χ4n) is 4.36. The summed E-state index contributed by atoms with van der Waals surface area (Å²) in [6, 6.07) is 16.5. The van der Waals surface area contributed by atoms with Crippen LogP contribution in [-0.4, -0.2) is 31.6 Å². The van der Waals surface area contributed by atoms with Gasteiger partial charge in [0.05, 0.1) is 13.2 Å². The van der Waals surface area contributed by atoms with Crippen molar-refractivity contribution in [2.24, 2.45) is 0 Å². The number of aryl methyl sites for hydroxylation is 2. The van der Waals surface area contributed by atoms with Crippen molar-refractivity contribution in [1.29, 1.82) is 0 Å². The first kappa shape index (κ1) is 21.2. The molecule has 0 radical (unpaired) electrons. The third-order valence-electron chi connectivity index (χ3n) is 5.96. The number of hydrogen-bond acceptors (Lipinski definition) is 4. The molecular formula is C27H28N4O2. The average molecular weight is 441 g/mol. The SMILES string of the molecule is CCOc1ccc2[nH]cc(CCCc3nccc(Cc4ccc5[nH]c(CO)cc5c4)n3)c2c1. The summed E-state index contributed by atoms with van der Waals surface area (Å²) in [4.78, 5) is 15.9. The summed E-state index contributed by atoms with van der Waals surface area (Å²) in [6.07, 6.45) is 7.48. The molecule has 0 saturated carbocycles. The van der Waals surface area contributed by atoms with Crippen LogP contribution in [-0.2, 0) is 25.9 Å². The Morgan fingerprint density at radius 3 is 2.79 bits per heavy atom. The van der Waals surface area contributed by atoms with Crippen LogP contribution in [0.5, 0.6) is 5.75 Å². The van der Waals surface area contributed by atoms with Crippen molar-refractivity contribution in [2.45, 2.75) is 39.2 Å². The van der Waals surface area contributed by atoms with Crippen LogP contribution in [0.1, 0.15) is 41.7 Å². The number of aromatic amines is 2. The van der Waals surface area contributed by atoms with Gasteiger partial charge < -0.3 is 19.8 Å². The molecule has 168 valence electrons. The molecule has 6 nitrogen and oxygen atoms in total. The molecule has 3 N–H and O–H groups in total. The lowest BCUT2D eigenvalue weighted by Gasteiger charge is -2.06. The fourth-order valence-corrected chi connectivity index (χ4v) is 4.36. The monoisotopic (exact) mass is 440 g/mol. The van der Waals surface area contributed by atoms with E-state index in [0.717, 1.165) is 65.1 Å². The van der Waals surface area contributed by atoms with E-state index < -0.39 is 0 Å². The largest absolute Gasteiger partial charge is 0.494 e. The Bertz CT molecular complexity index is 1390. The first-order valence-electron chi connectivity index (χ1n) is 11.5. The van der Waals surface area contributed by atoms with Crippen molar-refractivity contribution in [2.75, 3.05) is 6.61 Å². The molecule has 2 aromatic carbocycles. The van der Waals surface area contributed by atoms with Crippen molar-refractivity contribution in [3.8, 4) is 5.75 Å². The lowest BCUT2D eigenvalue weighted by molar-refractivity contribution is 0.278. The summed E-state index contributed by atoms with van der Waals surface area (Å²) in [5.41, 5.74) is 6.51. The number of rotatable bonds is 9. The maximum Gasteiger partial charge on any atom is 0.128 e. The van der Waals surface area contributed by atoms with E-state index in [9.17, 15) is 5.11 Å². The predicted octanol–water partition coefficient (Wildman–Crippen LogP) is 5.10. The molecule has 6 heteroatoms. The van der Waals surface area contributed by atoms with Gasteiger partial charge in [-0.15, -0.1) is 0 Å². The van der Waals surface area contributed by atoms with Crippen molar-refractivity contribution in [3.05, 3.63) is 89.3 Å². The molecule has 3 aromatic heterocycles. The Kier molecular flexibility index (Phi) is 6.09. The first-order valence-corrected chi connectivity index (χ1v) is 11.5. The molecule has 3 heterocycles. The number of H-pyrrole nitrogens is 2. The molecule has 0 unspecified atom stereocenters. The summed E-state index contributed by atoms with van der Waals surface area (Å²) in [5.74, 6) is 1.79. The summed E-state index contributed by atoms with van der Waals surface area (Å²) >= 11 is 0. The second-order valence-corrected chi connectivity index (χ2v) is 8.32. The van der Waals surface area contributed by atoms with E-state index in [1.807, 2.05) is 31.3 Å². The zero-order chi connectivity index (χ0) is 22.6. The quantitative estimate of drug-likeness (QED) is 0.298. The van der Waals surface area contributed by atoms with Crippen LogP contribution in [0.25, 0.3) is 21.8 Å². The van der Waals surface area contributed by atoms with Crippen molar-refractivity contribution >= 4 is 21.8 Å². The summed E-state index contributed by atoms with van der Waals surface area (Å²) < 4.78 is 5.66. The number of aliphatic hydroxyl groups excluding tert-OH is 1. The molecule has 0 spiro atoms. The number of aromatic nitrogens is 4. The Balaban J connectivity index is 1.24. The predicted molar refractivity (Wildman–Crippen MR) is 131 cm³/mol. The second kappa shape index (κ2) is 9.46. The molecule has 5 rings (SSSR count). The number of nitrogens with zero attached hydrogens (tertiary/aromatic N) is 2. The van der Waals surface area contributed by atoms with Gasteiger partial charge in [0.2, 0.25) is 0 Å². The van der Waals surface area contributed by atoms with Crippen molar-refractivity contribution < 1.29 is 9.84 Å². The van der Waals surface area contributed by atoms with Gasteiger partial charge >= 0.3 is 0 Å². The minimum atomic E-state index is 0.0194. The first-order chi connectivity index (χ1) is 16.2. The van der Waals surface area contributed by atoms with Crippen LogP contribution in [0.3, 0.4) is 0 Å². The van der Waals surface area contributed by atoms with Gasteiger partial charge in [0.25, 0.3) is 0 Å².